The largest absolute Gasteiger partial charge is 0.488 e. The molecule has 0 N–H and O–H groups in total. The maximum absolute atomic E-state index is 6.11. The zero-order chi connectivity index (χ0) is 21.0. The summed E-state index contributed by atoms with van der Waals surface area (Å²) >= 11 is 0. The summed E-state index contributed by atoms with van der Waals surface area (Å²) in [6.45, 7) is 27.9. The zero-order valence-corrected chi connectivity index (χ0v) is 19.3. The lowest BCUT2D eigenvalue weighted by Gasteiger charge is -2.35. The van der Waals surface area contributed by atoms with Crippen LogP contribution >= 0.6 is 0 Å². The zero-order valence-electron chi connectivity index (χ0n) is 19.3. The molecule has 0 unspecified atom stereocenters. The van der Waals surface area contributed by atoms with Crippen molar-refractivity contribution >= 4 is 6.08 Å². The van der Waals surface area contributed by atoms with E-state index in [9.17, 15) is 0 Å². The van der Waals surface area contributed by atoms with Crippen molar-refractivity contribution in [1.29, 1.82) is 0 Å². The van der Waals surface area contributed by atoms with Crippen LogP contribution in [0.15, 0.2) is 24.8 Å². The van der Waals surface area contributed by atoms with Gasteiger partial charge in [-0.25, -0.2) is 0 Å². The second-order valence-corrected chi connectivity index (χ2v) is 7.63. The van der Waals surface area contributed by atoms with Crippen LogP contribution in [0.4, 0.5) is 0 Å². The first kappa shape index (κ1) is 24.5. The molecular weight excluding hydrogens is 348 g/mol. The van der Waals surface area contributed by atoms with Crippen LogP contribution in [-0.2, 0) is 0 Å². The van der Waals surface area contributed by atoms with Crippen molar-refractivity contribution in [2.45, 2.75) is 41.5 Å². The Balaban J connectivity index is 2.67. The van der Waals surface area contributed by atoms with Crippen LogP contribution in [0.25, 0.3) is 6.08 Å². The summed E-state index contributed by atoms with van der Waals surface area (Å²) in [7, 11) is 0. The number of likely N-dealkylation sites (N-methyl/N-ethyl adjacent to an activating group) is 2. The molecule has 0 atom stereocenters. The molecule has 0 amide bonds. The van der Waals surface area contributed by atoms with Gasteiger partial charge in [0.15, 0.2) is 0 Å². The normalized spacial score (nSPS) is 12.1. The fourth-order valence-corrected chi connectivity index (χ4v) is 3.90. The highest BCUT2D eigenvalue weighted by atomic mass is 16.5. The standard InChI is InChI=1S/C24H44N2O2/c1-8-22-21-23(27-19-17-25(9-2,10-3)11-4)15-16-24(22)28-20-18-26(12-5,13-6)14-7/h8,15-16,21H,1,9-14,17-20H2,2-7H3/q+2. The van der Waals surface area contributed by atoms with Gasteiger partial charge in [0.2, 0.25) is 0 Å². The Morgan fingerprint density at radius 3 is 1.64 bits per heavy atom. The molecule has 160 valence electrons. The molecule has 0 bridgehead atoms. The molecule has 4 nitrogen and oxygen atoms in total. The molecule has 0 fully saturated rings. The van der Waals surface area contributed by atoms with Gasteiger partial charge in [0, 0.05) is 5.56 Å². The van der Waals surface area contributed by atoms with E-state index in [2.05, 4.69) is 48.1 Å². The number of nitrogens with zero attached hydrogens (tertiary/aromatic N) is 2. The van der Waals surface area contributed by atoms with Gasteiger partial charge in [-0.3, -0.25) is 0 Å². The van der Waals surface area contributed by atoms with Crippen LogP contribution < -0.4 is 9.47 Å². The molecule has 0 aromatic heterocycles. The predicted octanol–water partition coefficient (Wildman–Crippen LogP) is 4.84. The Morgan fingerprint density at radius 2 is 1.21 bits per heavy atom. The molecule has 28 heavy (non-hydrogen) atoms. The number of ether oxygens (including phenoxy) is 2. The Hall–Kier alpha value is -1.52. The Morgan fingerprint density at radius 1 is 0.750 bits per heavy atom. The maximum Gasteiger partial charge on any atom is 0.137 e. The Kier molecular flexibility index (Phi) is 10.6. The Labute approximate surface area is 173 Å². The van der Waals surface area contributed by atoms with Gasteiger partial charge in [-0.05, 0) is 59.7 Å². The monoisotopic (exact) mass is 392 g/mol. The number of hydrogen-bond donors (Lipinski definition) is 0. The quantitative estimate of drug-likeness (QED) is 0.398. The average molecular weight is 393 g/mol. The van der Waals surface area contributed by atoms with E-state index in [1.165, 1.54) is 0 Å². The van der Waals surface area contributed by atoms with Gasteiger partial charge in [0.25, 0.3) is 0 Å². The van der Waals surface area contributed by atoms with Crippen LogP contribution in [0.3, 0.4) is 0 Å². The summed E-state index contributed by atoms with van der Waals surface area (Å²) in [6, 6.07) is 6.08. The molecule has 0 aliphatic heterocycles. The second kappa shape index (κ2) is 12.1. The van der Waals surface area contributed by atoms with Crippen LogP contribution in [-0.4, -0.2) is 74.5 Å². The SMILES string of the molecule is C=Cc1cc(OCC[N+](CC)(CC)CC)ccc1OCC[N+](CC)(CC)CC. The molecule has 4 heteroatoms. The van der Waals surface area contributed by atoms with Crippen molar-refractivity contribution in [2.75, 3.05) is 65.6 Å². The first-order valence-electron chi connectivity index (χ1n) is 11.2. The lowest BCUT2D eigenvalue weighted by Crippen LogP contribution is -2.49. The van der Waals surface area contributed by atoms with Gasteiger partial charge in [-0.1, -0.05) is 12.7 Å². The molecule has 0 spiro atoms. The number of hydrogen-bond acceptors (Lipinski definition) is 2. The van der Waals surface area contributed by atoms with Crippen molar-refractivity contribution in [3.63, 3.8) is 0 Å². The number of benzene rings is 1. The van der Waals surface area contributed by atoms with Gasteiger partial charge >= 0.3 is 0 Å². The maximum atomic E-state index is 6.11. The number of quaternary nitrogens is 2. The van der Waals surface area contributed by atoms with Crippen molar-refractivity contribution < 1.29 is 18.4 Å². The van der Waals surface area contributed by atoms with Gasteiger partial charge < -0.3 is 18.4 Å². The van der Waals surface area contributed by atoms with E-state index in [1.54, 1.807) is 0 Å². The van der Waals surface area contributed by atoms with Gasteiger partial charge in [0.05, 0.1) is 39.3 Å². The third-order valence-corrected chi connectivity index (χ3v) is 6.88. The van der Waals surface area contributed by atoms with E-state index in [-0.39, 0.29) is 0 Å². The highest BCUT2D eigenvalue weighted by Gasteiger charge is 2.21. The summed E-state index contributed by atoms with van der Waals surface area (Å²) < 4.78 is 14.4. The van der Waals surface area contributed by atoms with Gasteiger partial charge in [0.1, 0.15) is 37.8 Å². The minimum atomic E-state index is 0.722. The van der Waals surface area contributed by atoms with E-state index >= 15 is 0 Å². The molecule has 0 saturated carbocycles. The first-order valence-corrected chi connectivity index (χ1v) is 11.2. The second-order valence-electron chi connectivity index (χ2n) is 7.63. The smallest absolute Gasteiger partial charge is 0.137 e. The lowest BCUT2D eigenvalue weighted by atomic mass is 10.2. The highest BCUT2D eigenvalue weighted by Crippen LogP contribution is 2.25. The average Bonchev–Trinajstić information content (AvgIpc) is 2.75. The van der Waals surface area contributed by atoms with Crippen LogP contribution in [0.1, 0.15) is 47.1 Å². The highest BCUT2D eigenvalue weighted by molar-refractivity contribution is 5.58. The fraction of sp³-hybridized carbons (Fsp3) is 0.667. The van der Waals surface area contributed by atoms with E-state index < -0.39 is 0 Å². The van der Waals surface area contributed by atoms with Crippen molar-refractivity contribution in [2.24, 2.45) is 0 Å². The van der Waals surface area contributed by atoms with Crippen molar-refractivity contribution in [3.8, 4) is 11.5 Å². The van der Waals surface area contributed by atoms with E-state index in [1.807, 2.05) is 24.3 Å². The molecule has 0 radical (unpaired) electrons. The third kappa shape index (κ3) is 6.52. The topological polar surface area (TPSA) is 18.5 Å². The molecule has 0 aliphatic rings. The van der Waals surface area contributed by atoms with Crippen LogP contribution in [0.5, 0.6) is 11.5 Å². The molecule has 1 rings (SSSR count). The minimum Gasteiger partial charge on any atom is -0.488 e. The summed E-state index contributed by atoms with van der Waals surface area (Å²) in [5, 5.41) is 0. The summed E-state index contributed by atoms with van der Waals surface area (Å²) in [4.78, 5) is 0. The molecule has 0 saturated heterocycles. The summed E-state index contributed by atoms with van der Waals surface area (Å²) in [5.41, 5.74) is 1.00. The molecule has 0 aliphatic carbocycles. The van der Waals surface area contributed by atoms with E-state index in [0.29, 0.717) is 0 Å². The van der Waals surface area contributed by atoms with Crippen LogP contribution in [0.2, 0.25) is 0 Å². The van der Waals surface area contributed by atoms with Crippen molar-refractivity contribution in [3.05, 3.63) is 30.3 Å². The van der Waals surface area contributed by atoms with E-state index in [4.69, 9.17) is 9.47 Å². The summed E-state index contributed by atoms with van der Waals surface area (Å²) in [5.74, 6) is 1.79. The minimum absolute atomic E-state index is 0.722. The number of rotatable bonds is 15. The van der Waals surface area contributed by atoms with Crippen molar-refractivity contribution in [1.82, 2.24) is 0 Å². The summed E-state index contributed by atoms with van der Waals surface area (Å²) in [6.07, 6.45) is 1.86. The fourth-order valence-electron chi connectivity index (χ4n) is 3.90. The Bertz CT molecular complexity index is 561. The van der Waals surface area contributed by atoms with Gasteiger partial charge in [-0.2, -0.15) is 0 Å². The molecule has 1 aromatic carbocycles. The third-order valence-electron chi connectivity index (χ3n) is 6.88. The lowest BCUT2D eigenvalue weighted by molar-refractivity contribution is -0.923. The molecular formula is C24H44N2O2+2. The van der Waals surface area contributed by atoms with Crippen LogP contribution in [0, 0.1) is 0 Å². The molecule has 1 aromatic rings. The van der Waals surface area contributed by atoms with Gasteiger partial charge in [-0.15, -0.1) is 0 Å². The first-order chi connectivity index (χ1) is 13.5. The predicted molar refractivity (Wildman–Crippen MR) is 121 cm³/mol. The molecule has 0 heterocycles. The van der Waals surface area contributed by atoms with E-state index in [0.717, 1.165) is 91.6 Å².